The number of nitrogens with zero attached hydrogens (tertiary/aromatic N) is 1. The first kappa shape index (κ1) is 11.2. The minimum absolute atomic E-state index is 0.0230. The maximum Gasteiger partial charge on any atom is 0.246 e. The highest BCUT2D eigenvalue weighted by Gasteiger charge is 2.22. The molecule has 3 heteroatoms. The maximum absolute atomic E-state index is 11.3. The number of hydrogen-bond donors (Lipinski definition) is 0. The third kappa shape index (κ3) is 3.14. The first-order chi connectivity index (χ1) is 6.77. The molecule has 0 spiro atoms. The molecule has 1 unspecified atom stereocenters. The molecular weight excluding hydrogens is 178 g/mol. The molecule has 1 aliphatic heterocycles. The van der Waals surface area contributed by atoms with E-state index in [4.69, 9.17) is 4.74 Å². The number of rotatable bonds is 4. The molecule has 3 nitrogen and oxygen atoms in total. The lowest BCUT2D eigenvalue weighted by atomic mass is 10.1. The SMILES string of the molecule is C=CC(=O)N1CCCC(OCCC)C1. The third-order valence-corrected chi connectivity index (χ3v) is 2.42. The number of carbonyl (C=O) groups excluding carboxylic acids is 1. The lowest BCUT2D eigenvalue weighted by Gasteiger charge is -2.31. The van der Waals surface area contributed by atoms with Gasteiger partial charge in [0.1, 0.15) is 0 Å². The Hall–Kier alpha value is -0.830. The van der Waals surface area contributed by atoms with E-state index in [1.807, 2.05) is 4.90 Å². The minimum atomic E-state index is 0.0230. The highest BCUT2D eigenvalue weighted by Crippen LogP contribution is 2.13. The molecule has 1 heterocycles. The number of carbonyl (C=O) groups is 1. The lowest BCUT2D eigenvalue weighted by molar-refractivity contribution is -0.130. The van der Waals surface area contributed by atoms with E-state index in [1.54, 1.807) is 0 Å². The van der Waals surface area contributed by atoms with E-state index < -0.39 is 0 Å². The van der Waals surface area contributed by atoms with Crippen LogP contribution < -0.4 is 0 Å². The topological polar surface area (TPSA) is 29.5 Å². The van der Waals surface area contributed by atoms with Gasteiger partial charge in [-0.1, -0.05) is 13.5 Å². The summed E-state index contributed by atoms with van der Waals surface area (Å²) in [4.78, 5) is 13.2. The predicted molar refractivity (Wildman–Crippen MR) is 56.0 cm³/mol. The molecule has 80 valence electrons. The molecule has 0 saturated carbocycles. The van der Waals surface area contributed by atoms with Gasteiger partial charge in [0.15, 0.2) is 0 Å². The van der Waals surface area contributed by atoms with E-state index >= 15 is 0 Å². The predicted octanol–water partition coefficient (Wildman–Crippen LogP) is 1.59. The van der Waals surface area contributed by atoms with E-state index in [9.17, 15) is 4.79 Å². The summed E-state index contributed by atoms with van der Waals surface area (Å²) >= 11 is 0. The molecule has 14 heavy (non-hydrogen) atoms. The van der Waals surface area contributed by atoms with Gasteiger partial charge < -0.3 is 9.64 Å². The number of piperidine rings is 1. The van der Waals surface area contributed by atoms with Gasteiger partial charge in [0, 0.05) is 19.7 Å². The molecule has 0 aliphatic carbocycles. The molecule has 0 aromatic carbocycles. The zero-order valence-electron chi connectivity index (χ0n) is 8.87. The molecule has 1 atom stereocenters. The average molecular weight is 197 g/mol. The molecule has 0 aromatic rings. The van der Waals surface area contributed by atoms with Crippen molar-refractivity contribution < 1.29 is 9.53 Å². The van der Waals surface area contributed by atoms with Crippen LogP contribution >= 0.6 is 0 Å². The molecule has 0 N–H and O–H groups in total. The van der Waals surface area contributed by atoms with Crippen molar-refractivity contribution in [1.82, 2.24) is 4.90 Å². The van der Waals surface area contributed by atoms with E-state index in [0.717, 1.165) is 39.0 Å². The van der Waals surface area contributed by atoms with Crippen molar-refractivity contribution in [3.63, 3.8) is 0 Å². The van der Waals surface area contributed by atoms with Crippen LogP contribution in [-0.2, 0) is 9.53 Å². The summed E-state index contributed by atoms with van der Waals surface area (Å²) in [6, 6.07) is 0. The van der Waals surface area contributed by atoms with Crippen LogP contribution in [0, 0.1) is 0 Å². The second-order valence-corrected chi connectivity index (χ2v) is 3.62. The van der Waals surface area contributed by atoms with Gasteiger partial charge >= 0.3 is 0 Å². The second kappa shape index (κ2) is 5.81. The van der Waals surface area contributed by atoms with E-state index in [0.29, 0.717) is 0 Å². The number of hydrogen-bond acceptors (Lipinski definition) is 2. The van der Waals surface area contributed by atoms with Crippen LogP contribution in [0.2, 0.25) is 0 Å². The van der Waals surface area contributed by atoms with E-state index in [1.165, 1.54) is 6.08 Å². The van der Waals surface area contributed by atoms with Crippen LogP contribution in [0.15, 0.2) is 12.7 Å². The fourth-order valence-corrected chi connectivity index (χ4v) is 1.69. The monoisotopic (exact) mass is 197 g/mol. The third-order valence-electron chi connectivity index (χ3n) is 2.42. The Bertz CT molecular complexity index is 203. The Morgan fingerprint density at radius 2 is 2.50 bits per heavy atom. The fourth-order valence-electron chi connectivity index (χ4n) is 1.69. The standard InChI is InChI=1S/C11H19NO2/c1-3-8-14-10-6-5-7-12(9-10)11(13)4-2/h4,10H,2-3,5-9H2,1H3. The fraction of sp³-hybridized carbons (Fsp3) is 0.727. The Labute approximate surface area is 85.7 Å². The summed E-state index contributed by atoms with van der Waals surface area (Å²) < 4.78 is 5.63. The summed E-state index contributed by atoms with van der Waals surface area (Å²) in [5.41, 5.74) is 0. The zero-order valence-corrected chi connectivity index (χ0v) is 8.87. The van der Waals surface area contributed by atoms with Crippen molar-refractivity contribution >= 4 is 5.91 Å². The molecule has 1 saturated heterocycles. The van der Waals surface area contributed by atoms with Crippen molar-refractivity contribution in [2.24, 2.45) is 0 Å². The second-order valence-electron chi connectivity index (χ2n) is 3.62. The average Bonchev–Trinajstić information content (AvgIpc) is 2.25. The number of amides is 1. The van der Waals surface area contributed by atoms with Crippen LogP contribution in [0.3, 0.4) is 0 Å². The van der Waals surface area contributed by atoms with Crippen LogP contribution in [0.4, 0.5) is 0 Å². The summed E-state index contributed by atoms with van der Waals surface area (Å²) in [7, 11) is 0. The number of likely N-dealkylation sites (tertiary alicyclic amines) is 1. The van der Waals surface area contributed by atoms with E-state index in [-0.39, 0.29) is 12.0 Å². The smallest absolute Gasteiger partial charge is 0.246 e. The van der Waals surface area contributed by atoms with Crippen LogP contribution in [0.25, 0.3) is 0 Å². The van der Waals surface area contributed by atoms with Crippen molar-refractivity contribution in [2.45, 2.75) is 32.3 Å². The lowest BCUT2D eigenvalue weighted by Crippen LogP contribution is -2.42. The zero-order chi connectivity index (χ0) is 10.4. The Morgan fingerprint density at radius 3 is 3.14 bits per heavy atom. The van der Waals surface area contributed by atoms with E-state index in [2.05, 4.69) is 13.5 Å². The van der Waals surface area contributed by atoms with Gasteiger partial charge in [0.25, 0.3) is 0 Å². The Morgan fingerprint density at radius 1 is 1.71 bits per heavy atom. The highest BCUT2D eigenvalue weighted by molar-refractivity contribution is 5.87. The first-order valence-corrected chi connectivity index (χ1v) is 5.31. The molecule has 0 aromatic heterocycles. The Balaban J connectivity index is 2.35. The first-order valence-electron chi connectivity index (χ1n) is 5.31. The van der Waals surface area contributed by atoms with Gasteiger partial charge in [-0.25, -0.2) is 0 Å². The molecule has 1 aliphatic rings. The maximum atomic E-state index is 11.3. The summed E-state index contributed by atoms with van der Waals surface area (Å²) in [6.45, 7) is 7.95. The van der Waals surface area contributed by atoms with Gasteiger partial charge in [-0.3, -0.25) is 4.79 Å². The molecule has 1 amide bonds. The van der Waals surface area contributed by atoms with Crippen molar-refractivity contribution in [3.05, 3.63) is 12.7 Å². The normalized spacial score (nSPS) is 22.1. The van der Waals surface area contributed by atoms with Crippen LogP contribution in [-0.4, -0.2) is 36.6 Å². The van der Waals surface area contributed by atoms with Gasteiger partial charge in [0.05, 0.1) is 6.10 Å². The summed E-state index contributed by atoms with van der Waals surface area (Å²) in [5, 5.41) is 0. The highest BCUT2D eigenvalue weighted by atomic mass is 16.5. The van der Waals surface area contributed by atoms with Gasteiger partial charge in [-0.05, 0) is 25.3 Å². The molecule has 0 radical (unpaired) electrons. The Kier molecular flexibility index (Phi) is 4.66. The van der Waals surface area contributed by atoms with Crippen molar-refractivity contribution in [2.75, 3.05) is 19.7 Å². The van der Waals surface area contributed by atoms with Crippen LogP contribution in [0.1, 0.15) is 26.2 Å². The molecule has 1 rings (SSSR count). The summed E-state index contributed by atoms with van der Waals surface area (Å²) in [5.74, 6) is 0.0230. The van der Waals surface area contributed by atoms with Gasteiger partial charge in [-0.15, -0.1) is 0 Å². The van der Waals surface area contributed by atoms with Gasteiger partial charge in [-0.2, -0.15) is 0 Å². The summed E-state index contributed by atoms with van der Waals surface area (Å²) in [6.07, 6.45) is 4.75. The largest absolute Gasteiger partial charge is 0.376 e. The molecule has 1 fully saturated rings. The molecular formula is C11H19NO2. The van der Waals surface area contributed by atoms with Crippen molar-refractivity contribution in [1.29, 1.82) is 0 Å². The molecule has 0 bridgehead atoms. The minimum Gasteiger partial charge on any atom is -0.376 e. The number of ether oxygens (including phenoxy) is 1. The van der Waals surface area contributed by atoms with Crippen LogP contribution in [0.5, 0.6) is 0 Å². The van der Waals surface area contributed by atoms with Gasteiger partial charge in [0.2, 0.25) is 5.91 Å². The quantitative estimate of drug-likeness (QED) is 0.640. The van der Waals surface area contributed by atoms with Crippen molar-refractivity contribution in [3.8, 4) is 0 Å².